The van der Waals surface area contributed by atoms with Gasteiger partial charge in [-0.25, -0.2) is 4.98 Å². The first-order chi connectivity index (χ1) is 4.83. The van der Waals surface area contributed by atoms with E-state index < -0.39 is 0 Å². The maximum absolute atomic E-state index is 5.58. The first-order valence-electron chi connectivity index (χ1n) is 3.11. The van der Waals surface area contributed by atoms with Crippen molar-refractivity contribution in [2.24, 2.45) is 5.73 Å². The summed E-state index contributed by atoms with van der Waals surface area (Å²) >= 11 is 5.51. The molecule has 0 spiro atoms. The van der Waals surface area contributed by atoms with Gasteiger partial charge in [0.05, 0.1) is 6.33 Å². The Kier molecular flexibility index (Phi) is 5.28. The van der Waals surface area contributed by atoms with Crippen LogP contribution in [0.4, 0.5) is 0 Å². The van der Waals surface area contributed by atoms with Gasteiger partial charge in [0, 0.05) is 30.2 Å². The quantitative estimate of drug-likeness (QED) is 0.707. The van der Waals surface area contributed by atoms with Gasteiger partial charge in [-0.1, -0.05) is 0 Å². The van der Waals surface area contributed by atoms with Gasteiger partial charge in [0.2, 0.25) is 0 Å². The molecule has 11 heavy (non-hydrogen) atoms. The van der Waals surface area contributed by atoms with Crippen LogP contribution in [0.15, 0.2) is 12.5 Å². The van der Waals surface area contributed by atoms with Crippen molar-refractivity contribution in [1.29, 1.82) is 0 Å². The van der Waals surface area contributed by atoms with Crippen LogP contribution < -0.4 is 5.73 Å². The van der Waals surface area contributed by atoms with Gasteiger partial charge >= 0.3 is 0 Å². The van der Waals surface area contributed by atoms with Crippen LogP contribution in [-0.4, -0.2) is 21.9 Å². The lowest BCUT2D eigenvalue weighted by molar-refractivity contribution is 0.732. The minimum atomic E-state index is 0. The zero-order chi connectivity index (χ0) is 7.40. The van der Waals surface area contributed by atoms with E-state index in [0.717, 1.165) is 12.1 Å². The third-order valence-electron chi connectivity index (χ3n) is 1.24. The SMILES string of the molecule is Cl.NC(CCl)Cc1cnc[nH]1. The molecule has 1 unspecified atom stereocenters. The number of hydrogen-bond acceptors (Lipinski definition) is 2. The molecular weight excluding hydrogens is 185 g/mol. The maximum Gasteiger partial charge on any atom is 0.0921 e. The van der Waals surface area contributed by atoms with Crippen molar-refractivity contribution < 1.29 is 0 Å². The topological polar surface area (TPSA) is 54.7 Å². The van der Waals surface area contributed by atoms with E-state index in [2.05, 4.69) is 9.97 Å². The molecule has 0 fully saturated rings. The number of imidazole rings is 1. The highest BCUT2D eigenvalue weighted by molar-refractivity contribution is 6.18. The number of H-pyrrole nitrogens is 1. The Balaban J connectivity index is 0.000001000. The van der Waals surface area contributed by atoms with E-state index in [4.69, 9.17) is 17.3 Å². The van der Waals surface area contributed by atoms with E-state index in [0.29, 0.717) is 5.88 Å². The molecule has 0 saturated heterocycles. The van der Waals surface area contributed by atoms with Gasteiger partial charge in [-0.05, 0) is 0 Å². The largest absolute Gasteiger partial charge is 0.348 e. The number of nitrogens with two attached hydrogens (primary N) is 1. The van der Waals surface area contributed by atoms with Crippen LogP contribution in [0.1, 0.15) is 5.69 Å². The van der Waals surface area contributed by atoms with E-state index in [1.54, 1.807) is 12.5 Å². The third kappa shape index (κ3) is 3.60. The van der Waals surface area contributed by atoms with Gasteiger partial charge in [0.1, 0.15) is 0 Å². The summed E-state index contributed by atoms with van der Waals surface area (Å²) in [5.74, 6) is 0.485. The minimum Gasteiger partial charge on any atom is -0.348 e. The molecule has 0 aliphatic carbocycles. The Hall–Kier alpha value is -0.250. The summed E-state index contributed by atoms with van der Waals surface area (Å²) in [6, 6.07) is 0.0297. The molecule has 0 radical (unpaired) electrons. The molecule has 1 aromatic rings. The van der Waals surface area contributed by atoms with Crippen molar-refractivity contribution in [3.05, 3.63) is 18.2 Å². The standard InChI is InChI=1S/C6H10ClN3.ClH/c7-2-5(8)1-6-3-9-4-10-6;/h3-5H,1-2,8H2,(H,9,10);1H. The van der Waals surface area contributed by atoms with Gasteiger partial charge < -0.3 is 10.7 Å². The molecule has 0 amide bonds. The van der Waals surface area contributed by atoms with Crippen molar-refractivity contribution in [1.82, 2.24) is 9.97 Å². The van der Waals surface area contributed by atoms with Crippen molar-refractivity contribution in [3.63, 3.8) is 0 Å². The number of aromatic amines is 1. The number of halogens is 2. The van der Waals surface area contributed by atoms with Crippen LogP contribution in [-0.2, 0) is 6.42 Å². The Morgan fingerprint density at radius 3 is 2.91 bits per heavy atom. The fourth-order valence-electron chi connectivity index (χ4n) is 0.733. The van der Waals surface area contributed by atoms with Crippen LogP contribution >= 0.6 is 24.0 Å². The van der Waals surface area contributed by atoms with Gasteiger partial charge in [-0.3, -0.25) is 0 Å². The number of alkyl halides is 1. The smallest absolute Gasteiger partial charge is 0.0921 e. The average molecular weight is 196 g/mol. The minimum absolute atomic E-state index is 0. The van der Waals surface area contributed by atoms with E-state index >= 15 is 0 Å². The molecule has 1 aromatic heterocycles. The molecule has 5 heteroatoms. The van der Waals surface area contributed by atoms with Crippen LogP contribution in [0.2, 0.25) is 0 Å². The monoisotopic (exact) mass is 195 g/mol. The second-order valence-corrected chi connectivity index (χ2v) is 2.50. The van der Waals surface area contributed by atoms with E-state index in [1.165, 1.54) is 0 Å². The fraction of sp³-hybridized carbons (Fsp3) is 0.500. The van der Waals surface area contributed by atoms with Crippen molar-refractivity contribution in [2.45, 2.75) is 12.5 Å². The number of nitrogens with one attached hydrogen (secondary N) is 1. The third-order valence-corrected chi connectivity index (χ3v) is 1.63. The molecule has 1 rings (SSSR count). The Labute approximate surface area is 76.8 Å². The summed E-state index contributed by atoms with van der Waals surface area (Å²) in [5, 5.41) is 0. The molecule has 0 aromatic carbocycles. The van der Waals surface area contributed by atoms with E-state index in [9.17, 15) is 0 Å². The first kappa shape index (κ1) is 10.8. The fourth-order valence-corrected chi connectivity index (χ4v) is 0.842. The lowest BCUT2D eigenvalue weighted by Crippen LogP contribution is -2.24. The van der Waals surface area contributed by atoms with Crippen LogP contribution in [0.25, 0.3) is 0 Å². The zero-order valence-electron chi connectivity index (χ0n) is 5.96. The van der Waals surface area contributed by atoms with Gasteiger partial charge in [0.25, 0.3) is 0 Å². The number of aromatic nitrogens is 2. The van der Waals surface area contributed by atoms with Crippen LogP contribution in [0, 0.1) is 0 Å². The summed E-state index contributed by atoms with van der Waals surface area (Å²) in [6.45, 7) is 0. The molecule has 0 aliphatic rings. The second kappa shape index (κ2) is 5.41. The first-order valence-corrected chi connectivity index (χ1v) is 3.65. The van der Waals surface area contributed by atoms with Crippen molar-refractivity contribution in [2.75, 3.05) is 5.88 Å². The highest BCUT2D eigenvalue weighted by Gasteiger charge is 2.01. The average Bonchev–Trinajstić information content (AvgIpc) is 2.40. The summed E-state index contributed by atoms with van der Waals surface area (Å²) in [7, 11) is 0. The molecule has 0 bridgehead atoms. The second-order valence-electron chi connectivity index (χ2n) is 2.20. The maximum atomic E-state index is 5.58. The van der Waals surface area contributed by atoms with Crippen LogP contribution in [0.5, 0.6) is 0 Å². The number of nitrogens with zero attached hydrogens (tertiary/aromatic N) is 1. The Morgan fingerprint density at radius 1 is 1.73 bits per heavy atom. The lowest BCUT2D eigenvalue weighted by Gasteiger charge is -2.03. The summed E-state index contributed by atoms with van der Waals surface area (Å²) in [6.07, 6.45) is 4.16. The Bertz CT molecular complexity index is 176. The molecule has 1 atom stereocenters. The summed E-state index contributed by atoms with van der Waals surface area (Å²) < 4.78 is 0. The van der Waals surface area contributed by atoms with Crippen molar-refractivity contribution >= 4 is 24.0 Å². The molecular formula is C6H11Cl2N3. The Morgan fingerprint density at radius 2 is 2.45 bits per heavy atom. The van der Waals surface area contributed by atoms with Crippen molar-refractivity contribution in [3.8, 4) is 0 Å². The molecule has 0 saturated carbocycles. The normalized spacial score (nSPS) is 12.2. The highest BCUT2D eigenvalue weighted by Crippen LogP contribution is 1.96. The van der Waals surface area contributed by atoms with E-state index in [1.807, 2.05) is 0 Å². The highest BCUT2D eigenvalue weighted by atomic mass is 35.5. The summed E-state index contributed by atoms with van der Waals surface area (Å²) in [4.78, 5) is 6.81. The number of hydrogen-bond donors (Lipinski definition) is 2. The van der Waals surface area contributed by atoms with Gasteiger partial charge in [-0.15, -0.1) is 24.0 Å². The molecule has 3 nitrogen and oxygen atoms in total. The van der Waals surface area contributed by atoms with Gasteiger partial charge in [-0.2, -0.15) is 0 Å². The zero-order valence-corrected chi connectivity index (χ0v) is 7.53. The van der Waals surface area contributed by atoms with Gasteiger partial charge in [0.15, 0.2) is 0 Å². The molecule has 64 valence electrons. The van der Waals surface area contributed by atoms with Crippen LogP contribution in [0.3, 0.4) is 0 Å². The lowest BCUT2D eigenvalue weighted by atomic mass is 10.2. The number of rotatable bonds is 3. The predicted molar refractivity (Wildman–Crippen MR) is 48.2 cm³/mol. The predicted octanol–water partition coefficient (Wildman–Crippen LogP) is 0.940. The molecule has 3 N–H and O–H groups in total. The summed E-state index contributed by atoms with van der Waals surface area (Å²) in [5.41, 5.74) is 6.62. The molecule has 1 heterocycles. The van der Waals surface area contributed by atoms with E-state index in [-0.39, 0.29) is 18.4 Å². The molecule has 0 aliphatic heterocycles.